The minimum Gasteiger partial charge on any atom is -0.363 e. The molecule has 2 rings (SSSR count). The van der Waals surface area contributed by atoms with Crippen LogP contribution >= 0.6 is 24.0 Å². The maximum atomic E-state index is 5.30. The van der Waals surface area contributed by atoms with Gasteiger partial charge in [-0.3, -0.25) is 0 Å². The Labute approximate surface area is 161 Å². The Morgan fingerprint density at radius 1 is 1.29 bits per heavy atom. The summed E-state index contributed by atoms with van der Waals surface area (Å²) in [5.41, 5.74) is 2.11. The first-order valence-electron chi connectivity index (χ1n) is 7.67. The molecule has 0 spiro atoms. The SMILES string of the molecule is C#CCNC(=NCc1cc(N(C)C)nc2ccccc12)NCC.I. The van der Waals surface area contributed by atoms with E-state index in [9.17, 15) is 0 Å². The number of hydrogen-bond acceptors (Lipinski definition) is 3. The van der Waals surface area contributed by atoms with Gasteiger partial charge in [-0.15, -0.1) is 30.4 Å². The Morgan fingerprint density at radius 3 is 2.71 bits per heavy atom. The second kappa shape index (κ2) is 9.98. The summed E-state index contributed by atoms with van der Waals surface area (Å²) < 4.78 is 0. The first kappa shape index (κ1) is 20.0. The predicted molar refractivity (Wildman–Crippen MR) is 113 cm³/mol. The van der Waals surface area contributed by atoms with E-state index < -0.39 is 0 Å². The fourth-order valence-electron chi connectivity index (χ4n) is 2.23. The molecule has 0 fully saturated rings. The van der Waals surface area contributed by atoms with Gasteiger partial charge in [0.2, 0.25) is 0 Å². The van der Waals surface area contributed by atoms with Gasteiger partial charge in [-0.1, -0.05) is 24.1 Å². The molecule has 0 aliphatic rings. The molecule has 2 N–H and O–H groups in total. The number of pyridine rings is 1. The fraction of sp³-hybridized carbons (Fsp3) is 0.333. The molecule has 0 bridgehead atoms. The summed E-state index contributed by atoms with van der Waals surface area (Å²) in [7, 11) is 3.98. The van der Waals surface area contributed by atoms with E-state index in [2.05, 4.69) is 38.7 Å². The minimum atomic E-state index is 0. The van der Waals surface area contributed by atoms with Gasteiger partial charge < -0.3 is 15.5 Å². The normalized spacial score (nSPS) is 10.7. The fourth-order valence-corrected chi connectivity index (χ4v) is 2.23. The Kier molecular flexibility index (Phi) is 8.33. The molecule has 0 amide bonds. The number of terminal acetylenes is 1. The third-order valence-corrected chi connectivity index (χ3v) is 3.36. The van der Waals surface area contributed by atoms with Crippen molar-refractivity contribution in [2.75, 3.05) is 32.1 Å². The summed E-state index contributed by atoms with van der Waals surface area (Å²) in [5, 5.41) is 7.41. The van der Waals surface area contributed by atoms with Crippen LogP contribution in [0.25, 0.3) is 10.9 Å². The zero-order valence-corrected chi connectivity index (χ0v) is 16.7. The van der Waals surface area contributed by atoms with Crippen LogP contribution in [0, 0.1) is 12.3 Å². The molecule has 0 aliphatic heterocycles. The molecule has 0 saturated heterocycles. The number of aromatic nitrogens is 1. The van der Waals surface area contributed by atoms with Crippen molar-refractivity contribution >= 4 is 46.7 Å². The van der Waals surface area contributed by atoms with Crippen LogP contribution in [0.4, 0.5) is 5.82 Å². The summed E-state index contributed by atoms with van der Waals surface area (Å²) in [6, 6.07) is 10.2. The smallest absolute Gasteiger partial charge is 0.192 e. The number of halogens is 1. The van der Waals surface area contributed by atoms with Gasteiger partial charge in [0.05, 0.1) is 18.6 Å². The van der Waals surface area contributed by atoms with Crippen molar-refractivity contribution in [1.29, 1.82) is 0 Å². The highest BCUT2D eigenvalue weighted by Crippen LogP contribution is 2.22. The Bertz CT molecular complexity index is 734. The lowest BCUT2D eigenvalue weighted by Crippen LogP contribution is -2.37. The molecule has 5 nitrogen and oxygen atoms in total. The van der Waals surface area contributed by atoms with Gasteiger partial charge in [-0.25, -0.2) is 9.98 Å². The van der Waals surface area contributed by atoms with E-state index in [0.717, 1.165) is 34.8 Å². The number of benzene rings is 1. The highest BCUT2D eigenvalue weighted by Gasteiger charge is 2.07. The molecule has 128 valence electrons. The molecule has 0 radical (unpaired) electrons. The number of nitrogens with one attached hydrogen (secondary N) is 2. The lowest BCUT2D eigenvalue weighted by Gasteiger charge is -2.15. The van der Waals surface area contributed by atoms with Crippen LogP contribution in [0.2, 0.25) is 0 Å². The quantitative estimate of drug-likeness (QED) is 0.327. The maximum absolute atomic E-state index is 5.30. The molecule has 1 heterocycles. The van der Waals surface area contributed by atoms with Crippen LogP contribution in [0.5, 0.6) is 0 Å². The van der Waals surface area contributed by atoms with Crippen LogP contribution < -0.4 is 15.5 Å². The van der Waals surface area contributed by atoms with Crippen LogP contribution in [0.15, 0.2) is 35.3 Å². The van der Waals surface area contributed by atoms with E-state index in [0.29, 0.717) is 13.1 Å². The first-order chi connectivity index (χ1) is 11.2. The van der Waals surface area contributed by atoms with Gasteiger partial charge in [0.1, 0.15) is 5.82 Å². The third-order valence-electron chi connectivity index (χ3n) is 3.36. The van der Waals surface area contributed by atoms with E-state index in [1.807, 2.05) is 44.1 Å². The largest absolute Gasteiger partial charge is 0.363 e. The lowest BCUT2D eigenvalue weighted by molar-refractivity contribution is 0.866. The molecule has 1 aromatic carbocycles. The van der Waals surface area contributed by atoms with E-state index in [4.69, 9.17) is 6.42 Å². The van der Waals surface area contributed by atoms with E-state index >= 15 is 0 Å². The summed E-state index contributed by atoms with van der Waals surface area (Å²) >= 11 is 0. The zero-order valence-electron chi connectivity index (χ0n) is 14.3. The second-order valence-corrected chi connectivity index (χ2v) is 5.30. The highest BCUT2D eigenvalue weighted by atomic mass is 127. The first-order valence-corrected chi connectivity index (χ1v) is 7.67. The van der Waals surface area contributed by atoms with Gasteiger partial charge in [0, 0.05) is 26.0 Å². The molecular weight excluding hydrogens is 413 g/mol. The van der Waals surface area contributed by atoms with Crippen molar-refractivity contribution in [3.8, 4) is 12.3 Å². The summed E-state index contributed by atoms with van der Waals surface area (Å²) in [5.74, 6) is 4.21. The molecule has 2 aromatic rings. The predicted octanol–water partition coefficient (Wildman–Crippen LogP) is 2.61. The van der Waals surface area contributed by atoms with Crippen LogP contribution in [0.3, 0.4) is 0 Å². The van der Waals surface area contributed by atoms with Crippen molar-refractivity contribution in [3.63, 3.8) is 0 Å². The van der Waals surface area contributed by atoms with Crippen molar-refractivity contribution in [3.05, 3.63) is 35.9 Å². The van der Waals surface area contributed by atoms with Crippen molar-refractivity contribution in [2.24, 2.45) is 4.99 Å². The Hall–Kier alpha value is -2.01. The molecule has 0 atom stereocenters. The topological polar surface area (TPSA) is 52.6 Å². The molecule has 0 unspecified atom stereocenters. The summed E-state index contributed by atoms with van der Waals surface area (Å²) in [6.45, 7) is 3.82. The monoisotopic (exact) mass is 437 g/mol. The number of rotatable bonds is 5. The molecular formula is C18H24IN5. The molecule has 0 saturated carbocycles. The zero-order chi connectivity index (χ0) is 16.7. The van der Waals surface area contributed by atoms with Gasteiger partial charge in [0.15, 0.2) is 5.96 Å². The molecule has 6 heteroatoms. The number of aliphatic imine (C=N–C) groups is 1. The summed E-state index contributed by atoms with van der Waals surface area (Å²) in [4.78, 5) is 11.3. The number of guanidine groups is 1. The average molecular weight is 437 g/mol. The minimum absolute atomic E-state index is 0. The Morgan fingerprint density at radius 2 is 2.04 bits per heavy atom. The number of hydrogen-bond donors (Lipinski definition) is 2. The number of nitrogens with zero attached hydrogens (tertiary/aromatic N) is 3. The van der Waals surface area contributed by atoms with E-state index in [1.54, 1.807) is 0 Å². The number of para-hydroxylation sites is 1. The van der Waals surface area contributed by atoms with Crippen molar-refractivity contribution in [1.82, 2.24) is 15.6 Å². The molecule has 0 aliphatic carbocycles. The standard InChI is InChI=1S/C18H23N5.HI/c1-5-11-20-18(19-6-2)21-13-14-12-17(23(3)4)22-16-10-8-7-9-15(14)16;/h1,7-10,12H,6,11,13H2,2-4H3,(H2,19,20,21);1H. The third kappa shape index (κ3) is 5.27. The average Bonchev–Trinajstić information content (AvgIpc) is 2.56. The highest BCUT2D eigenvalue weighted by molar-refractivity contribution is 14.0. The van der Waals surface area contributed by atoms with Gasteiger partial charge >= 0.3 is 0 Å². The van der Waals surface area contributed by atoms with Crippen LogP contribution in [-0.4, -0.2) is 38.1 Å². The lowest BCUT2D eigenvalue weighted by atomic mass is 10.1. The van der Waals surface area contributed by atoms with E-state index in [-0.39, 0.29) is 24.0 Å². The van der Waals surface area contributed by atoms with Crippen molar-refractivity contribution < 1.29 is 0 Å². The number of fused-ring (bicyclic) bond motifs is 1. The van der Waals surface area contributed by atoms with Crippen LogP contribution in [-0.2, 0) is 6.54 Å². The second-order valence-electron chi connectivity index (χ2n) is 5.30. The molecule has 1 aromatic heterocycles. The van der Waals surface area contributed by atoms with E-state index in [1.165, 1.54) is 0 Å². The Balaban J connectivity index is 0.00000288. The number of anilines is 1. The van der Waals surface area contributed by atoms with Gasteiger partial charge in [-0.05, 0) is 24.6 Å². The maximum Gasteiger partial charge on any atom is 0.192 e. The van der Waals surface area contributed by atoms with Crippen molar-refractivity contribution in [2.45, 2.75) is 13.5 Å². The summed E-state index contributed by atoms with van der Waals surface area (Å²) in [6.07, 6.45) is 5.30. The van der Waals surface area contributed by atoms with Gasteiger partial charge in [-0.2, -0.15) is 0 Å². The van der Waals surface area contributed by atoms with Crippen LogP contribution in [0.1, 0.15) is 12.5 Å². The molecule has 24 heavy (non-hydrogen) atoms. The van der Waals surface area contributed by atoms with Gasteiger partial charge in [0.25, 0.3) is 0 Å².